The number of carbonyl (C=O) groups is 2. The Hall–Kier alpha value is -1.30. The predicted molar refractivity (Wildman–Crippen MR) is 62.2 cm³/mol. The van der Waals surface area contributed by atoms with E-state index in [1.165, 1.54) is 0 Å². The molecule has 5 nitrogen and oxygen atoms in total. The molecule has 0 saturated heterocycles. The number of esters is 2. The number of alkyl halides is 6. The minimum atomic E-state index is -5.33. The van der Waals surface area contributed by atoms with Gasteiger partial charge in [-0.3, -0.25) is 0 Å². The molecule has 0 bridgehead atoms. The van der Waals surface area contributed by atoms with Crippen molar-refractivity contribution in [2.24, 2.45) is 0 Å². The van der Waals surface area contributed by atoms with Crippen molar-refractivity contribution in [1.29, 1.82) is 0 Å². The summed E-state index contributed by atoms with van der Waals surface area (Å²) < 4.78 is 84.9. The third-order valence-electron chi connectivity index (χ3n) is 1.84. The molecule has 0 fully saturated rings. The quantitative estimate of drug-likeness (QED) is 0.416. The maximum atomic E-state index is 12.1. The largest absolute Gasteiger partial charge is 0.490 e. The summed E-state index contributed by atoms with van der Waals surface area (Å²) in [6, 6.07) is 0. The van der Waals surface area contributed by atoms with E-state index in [4.69, 9.17) is 4.43 Å². The van der Waals surface area contributed by atoms with Crippen LogP contribution in [0.25, 0.3) is 0 Å². The molecule has 12 heteroatoms. The first kappa shape index (κ1) is 20.7. The number of rotatable bonds is 6. The molecular weight excluding hydrogens is 342 g/mol. The van der Waals surface area contributed by atoms with Crippen molar-refractivity contribution < 1.29 is 49.8 Å². The van der Waals surface area contributed by atoms with Crippen molar-refractivity contribution in [3.05, 3.63) is 0 Å². The Morgan fingerprint density at radius 3 is 1.73 bits per heavy atom. The van der Waals surface area contributed by atoms with E-state index < -0.39 is 51.9 Å². The SMILES string of the molecule is C[Si](C)(C)OCC(COC(=O)C(F)(F)F)OC(=O)C(F)(F)F. The minimum absolute atomic E-state index is 0.622. The fourth-order valence-corrected chi connectivity index (χ4v) is 1.61. The average Bonchev–Trinajstić information content (AvgIpc) is 2.28. The molecule has 0 aliphatic heterocycles. The van der Waals surface area contributed by atoms with Crippen LogP contribution in [0.2, 0.25) is 19.6 Å². The van der Waals surface area contributed by atoms with Crippen LogP contribution in [-0.2, 0) is 23.5 Å². The molecule has 0 aliphatic carbocycles. The lowest BCUT2D eigenvalue weighted by Crippen LogP contribution is -2.39. The normalized spacial score (nSPS) is 14.4. The molecule has 0 heterocycles. The van der Waals surface area contributed by atoms with Crippen LogP contribution < -0.4 is 0 Å². The van der Waals surface area contributed by atoms with Crippen molar-refractivity contribution in [2.75, 3.05) is 13.2 Å². The highest BCUT2D eigenvalue weighted by Crippen LogP contribution is 2.20. The Morgan fingerprint density at radius 2 is 1.36 bits per heavy atom. The van der Waals surface area contributed by atoms with Gasteiger partial charge in [-0.05, 0) is 19.6 Å². The molecule has 0 aliphatic rings. The molecule has 0 N–H and O–H groups in total. The number of ether oxygens (including phenoxy) is 2. The number of hydrogen-bond acceptors (Lipinski definition) is 5. The lowest BCUT2D eigenvalue weighted by molar-refractivity contribution is -0.215. The minimum Gasteiger partial charge on any atom is -0.455 e. The van der Waals surface area contributed by atoms with Crippen LogP contribution in [0.4, 0.5) is 26.3 Å². The molecule has 0 rings (SSSR count). The van der Waals surface area contributed by atoms with Crippen LogP contribution in [0.1, 0.15) is 0 Å². The first-order valence-corrected chi connectivity index (χ1v) is 9.19. The lowest BCUT2D eigenvalue weighted by Gasteiger charge is -2.23. The van der Waals surface area contributed by atoms with Crippen molar-refractivity contribution >= 4 is 20.3 Å². The van der Waals surface area contributed by atoms with Gasteiger partial charge in [0.15, 0.2) is 14.4 Å². The Bertz CT molecular complexity index is 400. The average molecular weight is 356 g/mol. The van der Waals surface area contributed by atoms with Gasteiger partial charge in [0.05, 0.1) is 6.61 Å². The maximum absolute atomic E-state index is 12.1. The molecule has 1 unspecified atom stereocenters. The van der Waals surface area contributed by atoms with Crippen LogP contribution in [0, 0.1) is 0 Å². The zero-order valence-corrected chi connectivity index (χ0v) is 12.8. The van der Waals surface area contributed by atoms with E-state index in [-0.39, 0.29) is 0 Å². The lowest BCUT2D eigenvalue weighted by atomic mass is 10.4. The van der Waals surface area contributed by atoms with Crippen molar-refractivity contribution in [3.63, 3.8) is 0 Å². The molecule has 22 heavy (non-hydrogen) atoms. The van der Waals surface area contributed by atoms with Crippen LogP contribution >= 0.6 is 0 Å². The van der Waals surface area contributed by atoms with E-state index in [1.54, 1.807) is 19.6 Å². The second kappa shape index (κ2) is 7.31. The van der Waals surface area contributed by atoms with Crippen LogP contribution in [0.5, 0.6) is 0 Å². The van der Waals surface area contributed by atoms with Crippen molar-refractivity contribution in [2.45, 2.75) is 38.1 Å². The van der Waals surface area contributed by atoms with Gasteiger partial charge < -0.3 is 13.9 Å². The number of hydrogen-bond donors (Lipinski definition) is 0. The molecule has 0 aromatic rings. The Labute approximate surface area is 122 Å². The molecular formula is C10H14F6O5Si. The second-order valence-corrected chi connectivity index (χ2v) is 9.56. The van der Waals surface area contributed by atoms with E-state index >= 15 is 0 Å². The first-order chi connectivity index (χ1) is 9.63. The summed E-state index contributed by atoms with van der Waals surface area (Å²) in [7, 11) is -2.25. The van der Waals surface area contributed by atoms with E-state index in [0.29, 0.717) is 0 Å². The van der Waals surface area contributed by atoms with Crippen LogP contribution in [0.3, 0.4) is 0 Å². The maximum Gasteiger partial charge on any atom is 0.490 e. The molecule has 130 valence electrons. The van der Waals surface area contributed by atoms with Crippen molar-refractivity contribution in [1.82, 2.24) is 0 Å². The Balaban J connectivity index is 4.73. The van der Waals surface area contributed by atoms with Gasteiger partial charge in [0.25, 0.3) is 0 Å². The summed E-state index contributed by atoms with van der Waals surface area (Å²) in [6.07, 6.45) is -12.4. The first-order valence-electron chi connectivity index (χ1n) is 5.78. The zero-order chi connectivity index (χ0) is 17.8. The summed E-state index contributed by atoms with van der Waals surface area (Å²) in [4.78, 5) is 21.2. The number of carbonyl (C=O) groups excluding carboxylic acids is 2. The summed E-state index contributed by atoms with van der Waals surface area (Å²) in [6.45, 7) is 3.12. The standard InChI is InChI=1S/C10H14F6O5Si/c1-22(2,3)20-5-6(21-8(18)10(14,15)16)4-19-7(17)9(11,12)13/h6H,4-5H2,1-3H3. The fraction of sp³-hybridized carbons (Fsp3) is 0.800. The van der Waals surface area contributed by atoms with Crippen LogP contribution in [-0.4, -0.2) is 51.9 Å². The van der Waals surface area contributed by atoms with Gasteiger partial charge in [-0.1, -0.05) is 0 Å². The Morgan fingerprint density at radius 1 is 0.909 bits per heavy atom. The van der Waals surface area contributed by atoms with Gasteiger partial charge in [-0.2, -0.15) is 26.3 Å². The van der Waals surface area contributed by atoms with Gasteiger partial charge in [0, 0.05) is 0 Å². The smallest absolute Gasteiger partial charge is 0.455 e. The molecule has 0 amide bonds. The summed E-state index contributed by atoms with van der Waals surface area (Å²) >= 11 is 0. The molecule has 0 radical (unpaired) electrons. The van der Waals surface area contributed by atoms with E-state index in [1.807, 2.05) is 0 Å². The van der Waals surface area contributed by atoms with Gasteiger partial charge in [0.1, 0.15) is 6.61 Å². The summed E-state index contributed by atoms with van der Waals surface area (Å²) in [5, 5.41) is 0. The van der Waals surface area contributed by atoms with Gasteiger partial charge in [0.2, 0.25) is 0 Å². The third kappa shape index (κ3) is 8.87. The summed E-state index contributed by atoms with van der Waals surface area (Å²) in [5.41, 5.74) is 0. The highest BCUT2D eigenvalue weighted by Gasteiger charge is 2.44. The Kier molecular flexibility index (Phi) is 6.87. The third-order valence-corrected chi connectivity index (χ3v) is 2.87. The topological polar surface area (TPSA) is 61.8 Å². The summed E-state index contributed by atoms with van der Waals surface area (Å²) in [5.74, 6) is -5.21. The predicted octanol–water partition coefficient (Wildman–Crippen LogP) is 2.42. The highest BCUT2D eigenvalue weighted by atomic mass is 28.4. The molecule has 0 saturated carbocycles. The van der Waals surface area contributed by atoms with E-state index in [2.05, 4.69) is 9.47 Å². The van der Waals surface area contributed by atoms with Crippen molar-refractivity contribution in [3.8, 4) is 0 Å². The van der Waals surface area contributed by atoms with Gasteiger partial charge >= 0.3 is 24.3 Å². The fourth-order valence-electron chi connectivity index (χ4n) is 0.928. The molecule has 1 atom stereocenters. The molecule has 0 aromatic heterocycles. The van der Waals surface area contributed by atoms with E-state index in [9.17, 15) is 35.9 Å². The van der Waals surface area contributed by atoms with Crippen LogP contribution in [0.15, 0.2) is 0 Å². The highest BCUT2D eigenvalue weighted by molar-refractivity contribution is 6.69. The van der Waals surface area contributed by atoms with Gasteiger partial charge in [-0.15, -0.1) is 0 Å². The monoisotopic (exact) mass is 356 g/mol. The van der Waals surface area contributed by atoms with Gasteiger partial charge in [-0.25, -0.2) is 9.59 Å². The molecule has 0 aromatic carbocycles. The number of halogens is 6. The molecule has 0 spiro atoms. The zero-order valence-electron chi connectivity index (χ0n) is 11.8. The van der Waals surface area contributed by atoms with E-state index in [0.717, 1.165) is 0 Å². The second-order valence-electron chi connectivity index (χ2n) is 5.04.